The number of nitriles is 1. The van der Waals surface area contributed by atoms with Crippen molar-refractivity contribution >= 4 is 26.0 Å². The molecule has 1 aliphatic heterocycles. The van der Waals surface area contributed by atoms with E-state index in [2.05, 4.69) is 20.7 Å². The summed E-state index contributed by atoms with van der Waals surface area (Å²) >= 11 is 3.23. The first-order chi connectivity index (χ1) is 8.53. The first-order valence-corrected chi connectivity index (χ1v) is 7.72. The minimum absolute atomic E-state index is 0.207. The van der Waals surface area contributed by atoms with E-state index in [9.17, 15) is 8.42 Å². The van der Waals surface area contributed by atoms with E-state index in [4.69, 9.17) is 5.26 Å². The topological polar surface area (TPSA) is 73.2 Å². The van der Waals surface area contributed by atoms with Crippen molar-refractivity contribution in [3.63, 3.8) is 0 Å². The number of likely N-dealkylation sites (tertiary alicyclic amines) is 1. The Morgan fingerprint density at radius 3 is 2.78 bits per heavy atom. The maximum Gasteiger partial charge on any atom is 0.242 e. The minimum Gasteiger partial charge on any atom is -0.309 e. The summed E-state index contributed by atoms with van der Waals surface area (Å²) < 4.78 is 27.5. The van der Waals surface area contributed by atoms with Crippen LogP contribution in [-0.2, 0) is 10.0 Å². The minimum atomic E-state index is -3.54. The second-order valence-corrected chi connectivity index (χ2v) is 6.62. The fourth-order valence-electron chi connectivity index (χ4n) is 1.89. The third-order valence-corrected chi connectivity index (χ3v) is 5.31. The molecule has 5 nitrogen and oxygen atoms in total. The first kappa shape index (κ1) is 13.3. The second-order valence-electron chi connectivity index (χ2n) is 4.08. The second kappa shape index (κ2) is 5.26. The van der Waals surface area contributed by atoms with Crippen LogP contribution in [0.5, 0.6) is 0 Å². The highest BCUT2D eigenvalue weighted by Gasteiger charge is 2.27. The summed E-state index contributed by atoms with van der Waals surface area (Å²) in [7, 11) is -3.54. The monoisotopic (exact) mass is 329 g/mol. The Morgan fingerprint density at radius 1 is 1.44 bits per heavy atom. The highest BCUT2D eigenvalue weighted by molar-refractivity contribution is 9.10. The molecule has 1 saturated heterocycles. The zero-order valence-electron chi connectivity index (χ0n) is 9.51. The largest absolute Gasteiger partial charge is 0.309 e. The van der Waals surface area contributed by atoms with E-state index in [1.807, 2.05) is 6.19 Å². The van der Waals surface area contributed by atoms with E-state index < -0.39 is 10.0 Å². The summed E-state index contributed by atoms with van der Waals surface area (Å²) in [6.45, 7) is 1.03. The van der Waals surface area contributed by atoms with Gasteiger partial charge in [-0.25, -0.2) is 13.1 Å². The van der Waals surface area contributed by atoms with Crippen LogP contribution in [0.1, 0.15) is 6.42 Å². The Labute approximate surface area is 115 Å². The van der Waals surface area contributed by atoms with Crippen molar-refractivity contribution in [2.45, 2.75) is 17.4 Å². The van der Waals surface area contributed by atoms with E-state index in [-0.39, 0.29) is 10.9 Å². The quantitative estimate of drug-likeness (QED) is 0.848. The van der Waals surface area contributed by atoms with Crippen LogP contribution in [0.4, 0.5) is 0 Å². The van der Waals surface area contributed by atoms with Crippen LogP contribution < -0.4 is 4.72 Å². The van der Waals surface area contributed by atoms with Gasteiger partial charge in [-0.1, -0.05) is 12.1 Å². The van der Waals surface area contributed by atoms with Gasteiger partial charge in [0.25, 0.3) is 0 Å². The number of sulfonamides is 1. The molecule has 0 radical (unpaired) electrons. The molecular weight excluding hydrogens is 318 g/mol. The van der Waals surface area contributed by atoms with Gasteiger partial charge >= 0.3 is 0 Å². The molecule has 1 atom stereocenters. The smallest absolute Gasteiger partial charge is 0.242 e. The average Bonchev–Trinajstić information content (AvgIpc) is 2.76. The van der Waals surface area contributed by atoms with Crippen LogP contribution in [0, 0.1) is 11.5 Å². The number of rotatable bonds is 3. The number of halogens is 1. The van der Waals surface area contributed by atoms with E-state index in [1.165, 1.54) is 0 Å². The van der Waals surface area contributed by atoms with Gasteiger partial charge in [0.15, 0.2) is 6.19 Å². The molecule has 1 fully saturated rings. The number of hydrogen-bond donors (Lipinski definition) is 1. The van der Waals surface area contributed by atoms with Gasteiger partial charge in [0.2, 0.25) is 10.0 Å². The summed E-state index contributed by atoms with van der Waals surface area (Å²) in [5, 5.41) is 8.73. The lowest BCUT2D eigenvalue weighted by Crippen LogP contribution is -2.36. The van der Waals surface area contributed by atoms with Crippen LogP contribution >= 0.6 is 15.9 Å². The molecule has 1 aromatic rings. The molecule has 0 unspecified atom stereocenters. The highest BCUT2D eigenvalue weighted by Crippen LogP contribution is 2.22. The summed E-state index contributed by atoms with van der Waals surface area (Å²) in [5.74, 6) is 0. The fourth-order valence-corrected chi connectivity index (χ4v) is 4.16. The highest BCUT2D eigenvalue weighted by atomic mass is 79.9. The number of nitrogens with zero attached hydrogens (tertiary/aromatic N) is 2. The molecule has 0 bridgehead atoms. The lowest BCUT2D eigenvalue weighted by atomic mass is 10.3. The molecule has 1 aliphatic rings. The molecule has 1 heterocycles. The summed E-state index contributed by atoms with van der Waals surface area (Å²) in [6.07, 6.45) is 2.67. The average molecular weight is 330 g/mol. The molecule has 7 heteroatoms. The molecule has 0 aliphatic carbocycles. The first-order valence-electron chi connectivity index (χ1n) is 5.44. The molecule has 1 aromatic carbocycles. The predicted octanol–water partition coefficient (Wildman–Crippen LogP) is 1.28. The molecule has 2 rings (SSSR count). The van der Waals surface area contributed by atoms with Gasteiger partial charge < -0.3 is 4.90 Å². The molecular formula is C11H12BrN3O2S. The lowest BCUT2D eigenvalue weighted by molar-refractivity contribution is 0.470. The molecule has 18 heavy (non-hydrogen) atoms. The van der Waals surface area contributed by atoms with Gasteiger partial charge in [-0.2, -0.15) is 5.26 Å². The Balaban J connectivity index is 2.14. The third kappa shape index (κ3) is 2.83. The predicted molar refractivity (Wildman–Crippen MR) is 70.1 cm³/mol. The van der Waals surface area contributed by atoms with E-state index >= 15 is 0 Å². The van der Waals surface area contributed by atoms with Gasteiger partial charge in [-0.05, 0) is 34.5 Å². The SMILES string of the molecule is N#CN1CC[C@@H](NS(=O)(=O)c2ccccc2Br)C1. The molecule has 1 N–H and O–H groups in total. The Morgan fingerprint density at radius 2 is 2.17 bits per heavy atom. The maximum atomic E-state index is 12.2. The molecule has 0 spiro atoms. The zero-order valence-corrected chi connectivity index (χ0v) is 11.9. The van der Waals surface area contributed by atoms with Crippen molar-refractivity contribution < 1.29 is 8.42 Å². The molecule has 0 aromatic heterocycles. The molecule has 0 saturated carbocycles. The normalized spacial score (nSPS) is 19.8. The lowest BCUT2D eigenvalue weighted by Gasteiger charge is -2.13. The van der Waals surface area contributed by atoms with E-state index in [1.54, 1.807) is 29.2 Å². The van der Waals surface area contributed by atoms with Crippen LogP contribution in [0.25, 0.3) is 0 Å². The standard InChI is InChI=1S/C11H12BrN3O2S/c12-10-3-1-2-4-11(10)18(16,17)14-9-5-6-15(7-9)8-13/h1-4,9,14H,5-7H2/t9-/m1/s1. The Hall–Kier alpha value is -1.10. The van der Waals surface area contributed by atoms with Crippen molar-refractivity contribution in [3.8, 4) is 6.19 Å². The van der Waals surface area contributed by atoms with Crippen LogP contribution in [0.3, 0.4) is 0 Å². The fraction of sp³-hybridized carbons (Fsp3) is 0.364. The van der Waals surface area contributed by atoms with Crippen LogP contribution in [-0.4, -0.2) is 32.4 Å². The van der Waals surface area contributed by atoms with Crippen molar-refractivity contribution in [1.29, 1.82) is 5.26 Å². The van der Waals surface area contributed by atoms with Crippen molar-refractivity contribution in [2.75, 3.05) is 13.1 Å². The van der Waals surface area contributed by atoms with Crippen molar-refractivity contribution in [1.82, 2.24) is 9.62 Å². The molecule has 0 amide bonds. The van der Waals surface area contributed by atoms with E-state index in [0.717, 1.165) is 0 Å². The van der Waals surface area contributed by atoms with Gasteiger partial charge in [0, 0.05) is 23.6 Å². The van der Waals surface area contributed by atoms with Crippen molar-refractivity contribution in [3.05, 3.63) is 28.7 Å². The number of hydrogen-bond acceptors (Lipinski definition) is 4. The van der Waals surface area contributed by atoms with Crippen LogP contribution in [0.15, 0.2) is 33.6 Å². The zero-order chi connectivity index (χ0) is 13.2. The van der Waals surface area contributed by atoms with Gasteiger partial charge in [0.1, 0.15) is 0 Å². The van der Waals surface area contributed by atoms with Gasteiger partial charge in [-0.15, -0.1) is 0 Å². The summed E-state index contributed by atoms with van der Waals surface area (Å²) in [4.78, 5) is 1.77. The summed E-state index contributed by atoms with van der Waals surface area (Å²) in [5.41, 5.74) is 0. The van der Waals surface area contributed by atoms with Gasteiger partial charge in [-0.3, -0.25) is 0 Å². The number of benzene rings is 1. The van der Waals surface area contributed by atoms with Gasteiger partial charge in [0.05, 0.1) is 4.90 Å². The Bertz CT molecular complexity index is 582. The van der Waals surface area contributed by atoms with Crippen LogP contribution in [0.2, 0.25) is 0 Å². The summed E-state index contributed by atoms with van der Waals surface area (Å²) in [6, 6.07) is 6.46. The Kier molecular flexibility index (Phi) is 3.90. The number of nitrogens with one attached hydrogen (secondary N) is 1. The third-order valence-electron chi connectivity index (χ3n) is 2.78. The maximum absolute atomic E-state index is 12.2. The van der Waals surface area contributed by atoms with Crippen molar-refractivity contribution in [2.24, 2.45) is 0 Å². The molecule has 96 valence electrons. The van der Waals surface area contributed by atoms with E-state index in [0.29, 0.717) is 24.0 Å².